The first kappa shape index (κ1) is 25.4. The molecular formula is C25H28N2O9. The average Bonchev–Trinajstić information content (AvgIpc) is 2.80. The molecule has 11 heteroatoms. The zero-order chi connectivity index (χ0) is 26.7. The summed E-state index contributed by atoms with van der Waals surface area (Å²) in [5.74, 6) is -7.42. The summed E-state index contributed by atoms with van der Waals surface area (Å²) < 4.78 is 4.69. The van der Waals surface area contributed by atoms with Crippen LogP contribution in [0.4, 0.5) is 0 Å². The Labute approximate surface area is 206 Å². The van der Waals surface area contributed by atoms with Crippen molar-refractivity contribution in [1.82, 2.24) is 4.90 Å². The summed E-state index contributed by atoms with van der Waals surface area (Å²) >= 11 is 0. The third-order valence-electron chi connectivity index (χ3n) is 7.53. The summed E-state index contributed by atoms with van der Waals surface area (Å²) in [6, 6.07) is 1.80. The molecule has 4 rings (SSSR count). The maximum absolute atomic E-state index is 13.8. The molecule has 1 aromatic rings. The van der Waals surface area contributed by atoms with E-state index in [0.717, 1.165) is 0 Å². The summed E-state index contributed by atoms with van der Waals surface area (Å²) in [4.78, 5) is 52.0. The minimum absolute atomic E-state index is 0.00212. The Hall–Kier alpha value is -3.70. The lowest BCUT2D eigenvalue weighted by atomic mass is 9.57. The number of ether oxygens (including phenoxy) is 1. The predicted octanol–water partition coefficient (Wildman–Crippen LogP) is 0.0696. The highest BCUT2D eigenvalue weighted by Gasteiger charge is 2.64. The number of benzene rings is 1. The second-order valence-electron chi connectivity index (χ2n) is 9.64. The molecule has 1 fully saturated rings. The Morgan fingerprint density at radius 1 is 1.19 bits per heavy atom. The Morgan fingerprint density at radius 3 is 2.44 bits per heavy atom. The molecule has 4 atom stereocenters. The van der Waals surface area contributed by atoms with Gasteiger partial charge in [0.05, 0.1) is 18.7 Å². The Morgan fingerprint density at radius 2 is 1.86 bits per heavy atom. The molecule has 0 aliphatic heterocycles. The minimum Gasteiger partial charge on any atom is -0.508 e. The van der Waals surface area contributed by atoms with Crippen LogP contribution in [0.5, 0.6) is 5.75 Å². The molecule has 0 heterocycles. The van der Waals surface area contributed by atoms with Gasteiger partial charge < -0.3 is 30.9 Å². The fourth-order valence-electron chi connectivity index (χ4n) is 5.88. The Kier molecular flexibility index (Phi) is 6.17. The molecular weight excluding hydrogens is 472 g/mol. The van der Waals surface area contributed by atoms with E-state index in [1.54, 1.807) is 6.07 Å². The van der Waals surface area contributed by atoms with Gasteiger partial charge in [-0.15, -0.1) is 0 Å². The van der Waals surface area contributed by atoms with Crippen molar-refractivity contribution in [1.29, 1.82) is 0 Å². The summed E-state index contributed by atoms with van der Waals surface area (Å²) in [5.41, 5.74) is 2.74. The number of primary amides is 1. The van der Waals surface area contributed by atoms with Crippen LogP contribution in [-0.4, -0.2) is 81.6 Å². The number of fused-ring (bicyclic) bond motifs is 3. The first-order chi connectivity index (χ1) is 16.9. The smallest absolute Gasteiger partial charge is 0.305 e. The van der Waals surface area contributed by atoms with Gasteiger partial charge in [0.1, 0.15) is 22.8 Å². The number of rotatable bonds is 5. The van der Waals surface area contributed by atoms with E-state index in [9.17, 15) is 39.6 Å². The number of ketones is 2. The van der Waals surface area contributed by atoms with Gasteiger partial charge in [-0.2, -0.15) is 0 Å². The molecule has 1 amide bonds. The van der Waals surface area contributed by atoms with E-state index in [0.29, 0.717) is 11.1 Å². The summed E-state index contributed by atoms with van der Waals surface area (Å²) in [7, 11) is 4.34. The van der Waals surface area contributed by atoms with Crippen LogP contribution in [0.25, 0.3) is 5.76 Å². The van der Waals surface area contributed by atoms with E-state index < -0.39 is 64.0 Å². The molecule has 1 saturated carbocycles. The molecule has 1 aromatic carbocycles. The Balaban J connectivity index is 1.90. The lowest BCUT2D eigenvalue weighted by Crippen LogP contribution is -2.65. The van der Waals surface area contributed by atoms with Gasteiger partial charge in [-0.3, -0.25) is 24.1 Å². The predicted molar refractivity (Wildman–Crippen MR) is 125 cm³/mol. The number of nitrogens with two attached hydrogens (primary N) is 1. The largest absolute Gasteiger partial charge is 0.508 e. The average molecular weight is 501 g/mol. The highest BCUT2D eigenvalue weighted by Crippen LogP contribution is 2.52. The molecule has 3 aliphatic carbocycles. The molecule has 0 bridgehead atoms. The van der Waals surface area contributed by atoms with Crippen molar-refractivity contribution >= 4 is 29.2 Å². The van der Waals surface area contributed by atoms with Gasteiger partial charge in [0.15, 0.2) is 11.4 Å². The summed E-state index contributed by atoms with van der Waals surface area (Å²) in [6.45, 7) is 0. The van der Waals surface area contributed by atoms with Crippen molar-refractivity contribution in [2.75, 3.05) is 21.2 Å². The fourth-order valence-corrected chi connectivity index (χ4v) is 5.88. The van der Waals surface area contributed by atoms with E-state index in [-0.39, 0.29) is 42.6 Å². The highest BCUT2D eigenvalue weighted by atomic mass is 16.5. The molecule has 0 radical (unpaired) electrons. The van der Waals surface area contributed by atoms with Gasteiger partial charge in [0.2, 0.25) is 5.78 Å². The van der Waals surface area contributed by atoms with Crippen LogP contribution in [0.2, 0.25) is 0 Å². The molecule has 6 N–H and O–H groups in total. The fraction of sp³-hybridized carbons (Fsp3) is 0.440. The number of nitrogens with zero attached hydrogens (tertiary/aromatic N) is 1. The van der Waals surface area contributed by atoms with Crippen molar-refractivity contribution in [2.45, 2.75) is 37.3 Å². The molecule has 192 valence electrons. The van der Waals surface area contributed by atoms with E-state index in [1.807, 2.05) is 0 Å². The maximum atomic E-state index is 13.8. The number of aliphatic hydroxyl groups excluding tert-OH is 2. The molecule has 0 aromatic heterocycles. The van der Waals surface area contributed by atoms with E-state index >= 15 is 0 Å². The first-order valence-corrected chi connectivity index (χ1v) is 11.4. The van der Waals surface area contributed by atoms with Crippen LogP contribution in [-0.2, 0) is 36.8 Å². The van der Waals surface area contributed by atoms with E-state index in [2.05, 4.69) is 0 Å². The van der Waals surface area contributed by atoms with Crippen molar-refractivity contribution in [3.63, 3.8) is 0 Å². The normalized spacial score (nSPS) is 27.5. The van der Waals surface area contributed by atoms with Gasteiger partial charge >= 0.3 is 5.97 Å². The third kappa shape index (κ3) is 3.49. The minimum atomic E-state index is -2.68. The van der Waals surface area contributed by atoms with Crippen LogP contribution >= 0.6 is 0 Å². The number of likely N-dealkylation sites (N-methyl/N-ethyl adjacent to an activating group) is 1. The number of phenolic OH excluding ortho intramolecular Hbond substituents is 1. The number of aromatic hydroxyl groups is 1. The second kappa shape index (κ2) is 8.75. The van der Waals surface area contributed by atoms with Crippen LogP contribution < -0.4 is 5.73 Å². The number of amides is 1. The Bertz CT molecular complexity index is 1260. The highest BCUT2D eigenvalue weighted by molar-refractivity contribution is 6.24. The SMILES string of the molecule is COC(=O)CCc1ccc(O)c2c1CC1CC3C(N(C)C)C(=O)C(C(N)=O)=C(O)[C@@]3(O)C(=O)C1=C2O. The molecule has 0 saturated heterocycles. The number of carbonyl (C=O) groups excluding carboxylic acids is 4. The lowest BCUT2D eigenvalue weighted by molar-refractivity contribution is -0.153. The lowest BCUT2D eigenvalue weighted by Gasteiger charge is -2.50. The maximum Gasteiger partial charge on any atom is 0.305 e. The van der Waals surface area contributed by atoms with Crippen molar-refractivity contribution in [3.8, 4) is 5.75 Å². The number of hydrogen-bond acceptors (Lipinski definition) is 10. The van der Waals surface area contributed by atoms with Gasteiger partial charge in [-0.05, 0) is 56.5 Å². The molecule has 3 unspecified atom stereocenters. The number of hydrogen-bond donors (Lipinski definition) is 5. The van der Waals surface area contributed by atoms with Crippen LogP contribution in [0.3, 0.4) is 0 Å². The van der Waals surface area contributed by atoms with E-state index in [1.165, 1.54) is 32.2 Å². The third-order valence-corrected chi connectivity index (χ3v) is 7.53. The quantitative estimate of drug-likeness (QED) is 0.273. The van der Waals surface area contributed by atoms with Crippen LogP contribution in [0, 0.1) is 11.8 Å². The molecule has 11 nitrogen and oxygen atoms in total. The summed E-state index contributed by atoms with van der Waals surface area (Å²) in [6.07, 6.45) is 0.482. The zero-order valence-electron chi connectivity index (χ0n) is 20.1. The number of aliphatic hydroxyl groups is 3. The number of phenols is 1. The standard InChI is InChI=1S/C25H28N2O9/c1-27(2)19-13-9-11-8-12-10(5-7-15(29)36-3)4-6-14(28)17(12)20(30)16(11)22(32)25(13,35)23(33)18(21(19)31)24(26)34/h4,6,11,13,19,28,30,33,35H,5,7-9H2,1-3H3,(H2,26,34)/t11?,13?,19?,25-/m0/s1. The monoisotopic (exact) mass is 500 g/mol. The second-order valence-corrected chi connectivity index (χ2v) is 9.64. The number of Topliss-reactive ketones (excluding diaryl/α,β-unsaturated/α-hetero) is 2. The molecule has 36 heavy (non-hydrogen) atoms. The number of aryl methyl sites for hydroxylation is 1. The van der Waals surface area contributed by atoms with Gasteiger partial charge in [0.25, 0.3) is 5.91 Å². The van der Waals surface area contributed by atoms with E-state index in [4.69, 9.17) is 10.5 Å². The van der Waals surface area contributed by atoms with Gasteiger partial charge in [-0.25, -0.2) is 0 Å². The topological polar surface area (TPSA) is 188 Å². The van der Waals surface area contributed by atoms with Gasteiger partial charge in [0, 0.05) is 17.9 Å². The first-order valence-electron chi connectivity index (χ1n) is 11.4. The van der Waals surface area contributed by atoms with Crippen molar-refractivity contribution in [3.05, 3.63) is 45.7 Å². The van der Waals surface area contributed by atoms with Crippen LogP contribution in [0.1, 0.15) is 29.5 Å². The zero-order valence-corrected chi connectivity index (χ0v) is 20.1. The molecule has 0 spiro atoms. The molecule has 3 aliphatic rings. The van der Waals surface area contributed by atoms with Gasteiger partial charge in [-0.1, -0.05) is 6.07 Å². The number of esters is 1. The number of carbonyl (C=O) groups is 4. The summed E-state index contributed by atoms with van der Waals surface area (Å²) in [5, 5.41) is 44.1. The number of methoxy groups -OCH3 is 1. The van der Waals surface area contributed by atoms with Crippen molar-refractivity contribution in [2.24, 2.45) is 17.6 Å². The van der Waals surface area contributed by atoms with Crippen molar-refractivity contribution < 1.29 is 44.3 Å². The van der Waals surface area contributed by atoms with Crippen LogP contribution in [0.15, 0.2) is 29.0 Å².